The summed E-state index contributed by atoms with van der Waals surface area (Å²) in [5.41, 5.74) is 2.32. The molecule has 0 saturated heterocycles. The van der Waals surface area contributed by atoms with Crippen molar-refractivity contribution >= 4 is 17.4 Å². The third-order valence-corrected chi connectivity index (χ3v) is 5.03. The fourth-order valence-electron chi connectivity index (χ4n) is 3.76. The lowest BCUT2D eigenvalue weighted by molar-refractivity contribution is -0.117. The molecular weight excluding hydrogens is 347 g/mol. The minimum Gasteiger partial charge on any atom is -0.362 e. The smallest absolute Gasteiger partial charge is 0.226 e. The van der Waals surface area contributed by atoms with E-state index in [4.69, 9.17) is 4.52 Å². The number of amides is 1. The highest BCUT2D eigenvalue weighted by Gasteiger charge is 2.47. The second-order valence-corrected chi connectivity index (χ2v) is 8.93. The number of fused-ring (bicyclic) bond motifs is 3. The maximum Gasteiger partial charge on any atom is 0.226 e. The van der Waals surface area contributed by atoms with Crippen molar-refractivity contribution in [3.63, 3.8) is 0 Å². The van der Waals surface area contributed by atoms with E-state index in [2.05, 4.69) is 20.4 Å². The van der Waals surface area contributed by atoms with Crippen molar-refractivity contribution in [1.29, 1.82) is 0 Å². The third-order valence-electron chi connectivity index (χ3n) is 5.03. The van der Waals surface area contributed by atoms with E-state index in [1.165, 1.54) is 6.07 Å². The van der Waals surface area contributed by atoms with Crippen LogP contribution in [-0.2, 0) is 11.3 Å². The van der Waals surface area contributed by atoms with Crippen LogP contribution in [0.25, 0.3) is 0 Å². The summed E-state index contributed by atoms with van der Waals surface area (Å²) < 4.78 is 20.0. The summed E-state index contributed by atoms with van der Waals surface area (Å²) in [5, 5.41) is 6.57. The average molecular weight is 372 g/mol. The van der Waals surface area contributed by atoms with Gasteiger partial charge >= 0.3 is 0 Å². The van der Waals surface area contributed by atoms with E-state index < -0.39 is 5.82 Å². The summed E-state index contributed by atoms with van der Waals surface area (Å²) in [4.78, 5) is 18.8. The van der Waals surface area contributed by atoms with Crippen LogP contribution in [0.1, 0.15) is 56.7 Å². The number of rotatable bonds is 4. The zero-order valence-corrected chi connectivity index (χ0v) is 16.2. The highest BCUT2D eigenvalue weighted by atomic mass is 19.1. The molecule has 2 unspecified atom stereocenters. The van der Waals surface area contributed by atoms with Crippen LogP contribution in [0.15, 0.2) is 16.7 Å². The lowest BCUT2D eigenvalue weighted by Crippen LogP contribution is -2.30. The molecule has 2 aromatic rings. The standard InChI is InChI=1S/C20H25FN4O2/c1-11-5-13(27-24-11)10-25-9-12-6-14(12)18-16(25)7-15(21)19(23-18)22-17(26)8-20(2,3)4/h5,7,12,14H,6,8-10H2,1-4H3,(H,22,23,26). The Hall–Kier alpha value is -2.44. The number of aromatic nitrogens is 2. The van der Waals surface area contributed by atoms with E-state index in [-0.39, 0.29) is 17.1 Å². The van der Waals surface area contributed by atoms with Gasteiger partial charge < -0.3 is 14.7 Å². The van der Waals surface area contributed by atoms with Gasteiger partial charge in [0.05, 0.1) is 23.6 Å². The minimum atomic E-state index is -0.506. The maximum atomic E-state index is 14.7. The molecule has 2 aromatic heterocycles. The van der Waals surface area contributed by atoms with Crippen molar-refractivity contribution in [2.24, 2.45) is 11.3 Å². The molecular formula is C20H25FN4O2. The maximum absolute atomic E-state index is 14.7. The fourth-order valence-corrected chi connectivity index (χ4v) is 3.76. The monoisotopic (exact) mass is 372 g/mol. The number of aryl methyl sites for hydroxylation is 1. The molecule has 1 fully saturated rings. The Balaban J connectivity index is 1.58. The van der Waals surface area contributed by atoms with E-state index in [1.54, 1.807) is 0 Å². The van der Waals surface area contributed by atoms with E-state index in [1.807, 2.05) is 33.8 Å². The van der Waals surface area contributed by atoms with Gasteiger partial charge in [0.15, 0.2) is 17.4 Å². The van der Waals surface area contributed by atoms with Gasteiger partial charge in [0, 0.05) is 31.0 Å². The Morgan fingerprint density at radius 2 is 2.19 bits per heavy atom. The number of hydrogen-bond acceptors (Lipinski definition) is 5. The number of hydrogen-bond donors (Lipinski definition) is 1. The number of carbonyl (C=O) groups is 1. The van der Waals surface area contributed by atoms with Crippen LogP contribution < -0.4 is 10.2 Å². The minimum absolute atomic E-state index is 0.0333. The molecule has 0 bridgehead atoms. The van der Waals surface area contributed by atoms with Gasteiger partial charge in [0.2, 0.25) is 5.91 Å². The summed E-state index contributed by atoms with van der Waals surface area (Å²) in [6.45, 7) is 9.19. The molecule has 4 rings (SSSR count). The summed E-state index contributed by atoms with van der Waals surface area (Å²) in [7, 11) is 0. The quantitative estimate of drug-likeness (QED) is 0.878. The molecule has 1 saturated carbocycles. The Morgan fingerprint density at radius 3 is 2.85 bits per heavy atom. The van der Waals surface area contributed by atoms with E-state index in [0.29, 0.717) is 24.8 Å². The molecule has 6 nitrogen and oxygen atoms in total. The number of carbonyl (C=O) groups excluding carboxylic acids is 1. The van der Waals surface area contributed by atoms with Gasteiger partial charge in [0.1, 0.15) is 0 Å². The molecule has 1 aliphatic carbocycles. The van der Waals surface area contributed by atoms with Crippen molar-refractivity contribution in [2.45, 2.75) is 53.0 Å². The van der Waals surface area contributed by atoms with Crippen LogP contribution >= 0.6 is 0 Å². The fraction of sp³-hybridized carbons (Fsp3) is 0.550. The number of anilines is 2. The Kier molecular flexibility index (Phi) is 4.20. The second-order valence-electron chi connectivity index (χ2n) is 8.93. The highest BCUT2D eigenvalue weighted by Crippen LogP contribution is 2.54. The average Bonchev–Trinajstić information content (AvgIpc) is 3.20. The number of nitrogens with zero attached hydrogens (tertiary/aromatic N) is 3. The highest BCUT2D eigenvalue weighted by molar-refractivity contribution is 5.90. The first-order valence-corrected chi connectivity index (χ1v) is 9.37. The lowest BCUT2D eigenvalue weighted by atomic mass is 9.92. The Morgan fingerprint density at radius 1 is 1.41 bits per heavy atom. The molecule has 0 spiro atoms. The molecule has 2 aliphatic rings. The molecule has 144 valence electrons. The first kappa shape index (κ1) is 17.9. The SMILES string of the molecule is Cc1cc(CN2CC3CC3c3nc(NC(=O)CC(C)(C)C)c(F)cc32)on1. The molecule has 3 heterocycles. The van der Waals surface area contributed by atoms with Crippen LogP contribution in [-0.4, -0.2) is 22.6 Å². The zero-order chi connectivity index (χ0) is 19.3. The second kappa shape index (κ2) is 6.32. The van der Waals surface area contributed by atoms with Crippen molar-refractivity contribution in [3.05, 3.63) is 35.1 Å². The van der Waals surface area contributed by atoms with Crippen LogP contribution in [0.3, 0.4) is 0 Å². The molecule has 7 heteroatoms. The Bertz CT molecular complexity index is 887. The van der Waals surface area contributed by atoms with E-state index in [9.17, 15) is 9.18 Å². The summed E-state index contributed by atoms with van der Waals surface area (Å²) in [6.07, 6.45) is 1.36. The van der Waals surface area contributed by atoms with Gasteiger partial charge in [-0.1, -0.05) is 25.9 Å². The largest absolute Gasteiger partial charge is 0.362 e. The van der Waals surface area contributed by atoms with Gasteiger partial charge in [-0.2, -0.15) is 0 Å². The van der Waals surface area contributed by atoms with E-state index in [0.717, 1.165) is 35.8 Å². The van der Waals surface area contributed by atoms with Crippen LogP contribution in [0, 0.1) is 24.1 Å². The third kappa shape index (κ3) is 3.82. The molecule has 0 aromatic carbocycles. The zero-order valence-electron chi connectivity index (χ0n) is 16.2. The summed E-state index contributed by atoms with van der Waals surface area (Å²) in [5.74, 6) is 0.940. The molecule has 1 amide bonds. The van der Waals surface area contributed by atoms with Crippen molar-refractivity contribution in [3.8, 4) is 0 Å². The van der Waals surface area contributed by atoms with Crippen molar-refractivity contribution < 1.29 is 13.7 Å². The summed E-state index contributed by atoms with van der Waals surface area (Å²) >= 11 is 0. The molecule has 27 heavy (non-hydrogen) atoms. The number of nitrogens with one attached hydrogen (secondary N) is 1. The van der Waals surface area contributed by atoms with Crippen LogP contribution in [0.2, 0.25) is 0 Å². The number of pyridine rings is 1. The Labute approximate surface area is 158 Å². The molecule has 1 N–H and O–H groups in total. The normalized spacial score (nSPS) is 20.9. The van der Waals surface area contributed by atoms with Crippen molar-refractivity contribution in [2.75, 3.05) is 16.8 Å². The van der Waals surface area contributed by atoms with E-state index >= 15 is 0 Å². The van der Waals surface area contributed by atoms with Gasteiger partial charge in [-0.25, -0.2) is 9.37 Å². The lowest BCUT2D eigenvalue weighted by Gasteiger charge is -2.30. The van der Waals surface area contributed by atoms with Crippen LogP contribution in [0.4, 0.5) is 15.9 Å². The first-order valence-electron chi connectivity index (χ1n) is 9.37. The van der Waals surface area contributed by atoms with Gasteiger partial charge in [0.25, 0.3) is 0 Å². The first-order chi connectivity index (χ1) is 12.7. The van der Waals surface area contributed by atoms with Gasteiger partial charge in [-0.15, -0.1) is 0 Å². The molecule has 0 radical (unpaired) electrons. The topological polar surface area (TPSA) is 71.3 Å². The van der Waals surface area contributed by atoms with Gasteiger partial charge in [-0.3, -0.25) is 4.79 Å². The number of halogens is 1. The molecule has 1 aliphatic heterocycles. The van der Waals surface area contributed by atoms with Crippen LogP contribution in [0.5, 0.6) is 0 Å². The predicted octanol–water partition coefficient (Wildman–Crippen LogP) is 4.02. The predicted molar refractivity (Wildman–Crippen MR) is 100 cm³/mol. The van der Waals surface area contributed by atoms with Crippen molar-refractivity contribution in [1.82, 2.24) is 10.1 Å². The van der Waals surface area contributed by atoms with Gasteiger partial charge in [-0.05, 0) is 24.7 Å². The summed E-state index contributed by atoms with van der Waals surface area (Å²) in [6, 6.07) is 3.39. The molecule has 2 atom stereocenters.